The Morgan fingerprint density at radius 3 is 2.42 bits per heavy atom. The molecule has 4 nitrogen and oxygen atoms in total. The van der Waals surface area contributed by atoms with Gasteiger partial charge in [-0.2, -0.15) is 13.2 Å². The number of nitro benzene ring substituents is 1. The van der Waals surface area contributed by atoms with Gasteiger partial charge < -0.3 is 5.11 Å². The van der Waals surface area contributed by atoms with E-state index in [4.69, 9.17) is 0 Å². The Morgan fingerprint density at radius 2 is 2.00 bits per heavy atom. The second-order valence-electron chi connectivity index (χ2n) is 4.29. The highest BCUT2D eigenvalue weighted by molar-refractivity contribution is 5.43. The summed E-state index contributed by atoms with van der Waals surface area (Å²) < 4.78 is 38.7. The minimum atomic E-state index is -4.69. The summed E-state index contributed by atoms with van der Waals surface area (Å²) in [4.78, 5) is 9.67. The summed E-state index contributed by atoms with van der Waals surface area (Å²) in [6, 6.07) is 2.59. The fourth-order valence-electron chi connectivity index (χ4n) is 1.86. The Labute approximate surface area is 108 Å². The lowest BCUT2D eigenvalue weighted by molar-refractivity contribution is -0.385. The molecule has 2 atom stereocenters. The fourth-order valence-corrected chi connectivity index (χ4v) is 1.86. The Morgan fingerprint density at radius 1 is 1.42 bits per heavy atom. The lowest BCUT2D eigenvalue weighted by atomic mass is 9.89. The van der Waals surface area contributed by atoms with Crippen LogP contribution < -0.4 is 0 Å². The van der Waals surface area contributed by atoms with Gasteiger partial charge in [-0.05, 0) is 12.0 Å². The van der Waals surface area contributed by atoms with Crippen LogP contribution in [-0.4, -0.2) is 16.1 Å². The van der Waals surface area contributed by atoms with E-state index in [1.54, 1.807) is 6.92 Å². The number of aliphatic hydroxyl groups excluding tert-OH is 1. The summed E-state index contributed by atoms with van der Waals surface area (Å²) >= 11 is 0. The molecule has 1 aromatic rings. The summed E-state index contributed by atoms with van der Waals surface area (Å²) in [7, 11) is 0. The lowest BCUT2D eigenvalue weighted by Gasteiger charge is -2.21. The highest BCUT2D eigenvalue weighted by Gasteiger charge is 2.37. The van der Waals surface area contributed by atoms with E-state index in [2.05, 4.69) is 0 Å². The van der Waals surface area contributed by atoms with E-state index in [0.29, 0.717) is 12.5 Å². The molecule has 0 aliphatic carbocycles. The Balaban J connectivity index is 3.36. The normalized spacial score (nSPS) is 15.1. The molecular weight excluding hydrogens is 263 g/mol. The van der Waals surface area contributed by atoms with Crippen LogP contribution in [0.1, 0.15) is 37.3 Å². The quantitative estimate of drug-likeness (QED) is 0.676. The van der Waals surface area contributed by atoms with Crippen molar-refractivity contribution in [1.82, 2.24) is 0 Å². The first-order valence-electron chi connectivity index (χ1n) is 5.72. The first-order valence-corrected chi connectivity index (χ1v) is 5.72. The molecule has 1 N–H and O–H groups in total. The van der Waals surface area contributed by atoms with Crippen LogP contribution in [0.25, 0.3) is 0 Å². The third-order valence-corrected chi connectivity index (χ3v) is 3.04. The maximum atomic E-state index is 12.9. The monoisotopic (exact) mass is 277 g/mol. The lowest BCUT2D eigenvalue weighted by Crippen LogP contribution is -2.19. The van der Waals surface area contributed by atoms with Crippen LogP contribution in [0.5, 0.6) is 0 Å². The van der Waals surface area contributed by atoms with Gasteiger partial charge in [0.1, 0.15) is 0 Å². The molecule has 1 rings (SSSR count). The first-order chi connectivity index (χ1) is 8.68. The molecule has 0 spiro atoms. The second-order valence-corrected chi connectivity index (χ2v) is 4.29. The maximum absolute atomic E-state index is 12.9. The molecule has 0 aliphatic heterocycles. The van der Waals surface area contributed by atoms with E-state index in [1.807, 2.05) is 0 Å². The molecule has 0 saturated carbocycles. The van der Waals surface area contributed by atoms with Gasteiger partial charge in [-0.3, -0.25) is 10.1 Å². The minimum Gasteiger partial charge on any atom is -0.393 e. The Bertz CT molecular complexity index is 474. The summed E-state index contributed by atoms with van der Waals surface area (Å²) in [5, 5.41) is 20.2. The van der Waals surface area contributed by atoms with Crippen molar-refractivity contribution in [2.45, 2.75) is 38.5 Å². The van der Waals surface area contributed by atoms with E-state index in [-0.39, 0.29) is 5.56 Å². The van der Waals surface area contributed by atoms with Crippen molar-refractivity contribution in [3.05, 3.63) is 39.4 Å². The van der Waals surface area contributed by atoms with Crippen molar-refractivity contribution in [2.75, 3.05) is 0 Å². The molecule has 106 valence electrons. The number of nitrogens with zero attached hydrogens (tertiary/aromatic N) is 1. The number of alkyl halides is 3. The topological polar surface area (TPSA) is 63.4 Å². The van der Waals surface area contributed by atoms with Crippen molar-refractivity contribution >= 4 is 5.69 Å². The van der Waals surface area contributed by atoms with Crippen LogP contribution in [0.2, 0.25) is 0 Å². The van der Waals surface area contributed by atoms with Crippen LogP contribution in [0, 0.1) is 10.1 Å². The number of non-ortho nitro benzene ring substituents is 1. The third-order valence-electron chi connectivity index (χ3n) is 3.04. The molecule has 2 unspecified atom stereocenters. The van der Waals surface area contributed by atoms with Gasteiger partial charge in [-0.15, -0.1) is 0 Å². The van der Waals surface area contributed by atoms with E-state index >= 15 is 0 Å². The largest absolute Gasteiger partial charge is 0.416 e. The van der Waals surface area contributed by atoms with Crippen molar-refractivity contribution in [2.24, 2.45) is 0 Å². The molecule has 0 radical (unpaired) electrons. The van der Waals surface area contributed by atoms with Gasteiger partial charge >= 0.3 is 6.18 Å². The Hall–Kier alpha value is -1.63. The second kappa shape index (κ2) is 5.56. The zero-order valence-electron chi connectivity index (χ0n) is 10.4. The van der Waals surface area contributed by atoms with E-state index in [9.17, 15) is 28.4 Å². The van der Waals surface area contributed by atoms with Crippen LogP contribution >= 0.6 is 0 Å². The van der Waals surface area contributed by atoms with Gasteiger partial charge in [-0.25, -0.2) is 0 Å². The molecule has 0 heterocycles. The van der Waals surface area contributed by atoms with Crippen LogP contribution in [0.3, 0.4) is 0 Å². The van der Waals surface area contributed by atoms with Gasteiger partial charge in [0, 0.05) is 18.1 Å². The predicted molar refractivity (Wildman–Crippen MR) is 62.8 cm³/mol. The molecule has 0 bridgehead atoms. The molecule has 0 fully saturated rings. The zero-order valence-corrected chi connectivity index (χ0v) is 10.4. The van der Waals surface area contributed by atoms with E-state index in [0.717, 1.165) is 12.1 Å². The smallest absolute Gasteiger partial charge is 0.393 e. The average molecular weight is 277 g/mol. The predicted octanol–water partition coefficient (Wildman–Crippen LogP) is 3.49. The Kier molecular flexibility index (Phi) is 4.52. The number of halogens is 3. The highest BCUT2D eigenvalue weighted by Crippen LogP contribution is 2.38. The molecule has 0 saturated heterocycles. The average Bonchev–Trinajstić information content (AvgIpc) is 2.35. The summed E-state index contributed by atoms with van der Waals surface area (Å²) in [6.07, 6.45) is -5.32. The molecule has 0 aromatic heterocycles. The van der Waals surface area contributed by atoms with Crippen molar-refractivity contribution < 1.29 is 23.2 Å². The molecule has 7 heteroatoms. The standard InChI is InChI=1S/C12H14F3NO3/c1-3-11(17)7(2)9-5-4-8(16(18)19)6-10(9)12(13,14)15/h4-7,11,17H,3H2,1-2H3. The van der Waals surface area contributed by atoms with Gasteiger partial charge in [-0.1, -0.05) is 19.9 Å². The van der Waals surface area contributed by atoms with Crippen molar-refractivity contribution in [3.8, 4) is 0 Å². The number of hydrogen-bond acceptors (Lipinski definition) is 3. The van der Waals surface area contributed by atoms with Gasteiger partial charge in [0.25, 0.3) is 5.69 Å². The molecule has 19 heavy (non-hydrogen) atoms. The fraction of sp³-hybridized carbons (Fsp3) is 0.500. The van der Waals surface area contributed by atoms with Gasteiger partial charge in [0.05, 0.1) is 16.6 Å². The summed E-state index contributed by atoms with van der Waals surface area (Å²) in [6.45, 7) is 3.12. The number of benzene rings is 1. The number of aliphatic hydroxyl groups is 1. The number of hydrogen-bond donors (Lipinski definition) is 1. The van der Waals surface area contributed by atoms with Crippen LogP contribution in [-0.2, 0) is 6.18 Å². The van der Waals surface area contributed by atoms with E-state index < -0.39 is 34.4 Å². The number of rotatable bonds is 4. The number of nitro groups is 1. The first kappa shape index (κ1) is 15.4. The zero-order chi connectivity index (χ0) is 14.8. The molecule has 0 amide bonds. The van der Waals surface area contributed by atoms with Gasteiger partial charge in [0.2, 0.25) is 0 Å². The summed E-state index contributed by atoms with van der Waals surface area (Å²) in [5.41, 5.74) is -1.82. The third kappa shape index (κ3) is 3.44. The maximum Gasteiger partial charge on any atom is 0.416 e. The molecule has 1 aromatic carbocycles. The summed E-state index contributed by atoms with van der Waals surface area (Å²) in [5.74, 6) is -0.748. The minimum absolute atomic E-state index is 0.132. The van der Waals surface area contributed by atoms with Gasteiger partial charge in [0.15, 0.2) is 0 Å². The SMILES string of the molecule is CCC(O)C(C)c1ccc([N+](=O)[O-])cc1C(F)(F)F. The van der Waals surface area contributed by atoms with Crippen molar-refractivity contribution in [3.63, 3.8) is 0 Å². The molecular formula is C12H14F3NO3. The molecule has 0 aliphatic rings. The van der Waals surface area contributed by atoms with Crippen molar-refractivity contribution in [1.29, 1.82) is 0 Å². The van der Waals surface area contributed by atoms with E-state index in [1.165, 1.54) is 6.92 Å². The highest BCUT2D eigenvalue weighted by atomic mass is 19.4. The van der Waals surface area contributed by atoms with Crippen LogP contribution in [0.15, 0.2) is 18.2 Å². The van der Waals surface area contributed by atoms with Crippen LogP contribution in [0.4, 0.5) is 18.9 Å².